The Hall–Kier alpha value is -3.35. The van der Waals surface area contributed by atoms with E-state index in [0.717, 1.165) is 35.0 Å². The van der Waals surface area contributed by atoms with E-state index in [-0.39, 0.29) is 10.6 Å². The van der Waals surface area contributed by atoms with Crippen LogP contribution in [-0.4, -0.2) is 29.7 Å². The molecule has 0 spiro atoms. The van der Waals surface area contributed by atoms with E-state index in [4.69, 9.17) is 9.47 Å². The van der Waals surface area contributed by atoms with Crippen LogP contribution in [0.1, 0.15) is 34.8 Å². The molecule has 0 radical (unpaired) electrons. The Balaban J connectivity index is 2.07. The van der Waals surface area contributed by atoms with E-state index in [1.165, 1.54) is 20.3 Å². The van der Waals surface area contributed by atoms with E-state index < -0.39 is 5.97 Å². The minimum Gasteiger partial charge on any atom is -0.496 e. The van der Waals surface area contributed by atoms with Crippen LogP contribution >= 0.6 is 0 Å². The maximum atomic E-state index is 12.0. The number of non-ortho nitro benzene ring substituents is 1. The molecule has 0 fully saturated rings. The molecule has 3 rings (SSSR count). The molecular weight excluding hydrogens is 360 g/mol. The van der Waals surface area contributed by atoms with Crippen LogP contribution in [0.4, 0.5) is 5.69 Å². The highest BCUT2D eigenvalue weighted by molar-refractivity contribution is 5.93. The Bertz CT molecular complexity index is 1040. The van der Waals surface area contributed by atoms with Crippen molar-refractivity contribution in [2.24, 2.45) is 0 Å². The molecule has 0 unspecified atom stereocenters. The highest BCUT2D eigenvalue weighted by Gasteiger charge is 2.17. The second kappa shape index (κ2) is 8.12. The summed E-state index contributed by atoms with van der Waals surface area (Å²) in [6.07, 6.45) is 3.51. The number of nitrogens with zero attached hydrogens (tertiary/aromatic N) is 2. The molecule has 0 saturated carbocycles. The zero-order chi connectivity index (χ0) is 20.3. The number of hydrogen-bond acceptors (Lipinski definition) is 5. The first-order valence-corrected chi connectivity index (χ1v) is 8.99. The van der Waals surface area contributed by atoms with Gasteiger partial charge >= 0.3 is 5.97 Å². The van der Waals surface area contributed by atoms with Crippen LogP contribution in [0.15, 0.2) is 42.6 Å². The summed E-state index contributed by atoms with van der Waals surface area (Å²) in [5.41, 5.74) is 3.24. The van der Waals surface area contributed by atoms with Gasteiger partial charge in [-0.05, 0) is 42.2 Å². The average Bonchev–Trinajstić information content (AvgIpc) is 3.04. The van der Waals surface area contributed by atoms with Gasteiger partial charge in [0.05, 0.1) is 19.1 Å². The van der Waals surface area contributed by atoms with Gasteiger partial charge in [0, 0.05) is 35.8 Å². The number of ether oxygens (including phenoxy) is 2. The molecule has 0 bridgehead atoms. The average molecular weight is 382 g/mol. The van der Waals surface area contributed by atoms with Crippen LogP contribution in [-0.2, 0) is 17.7 Å². The summed E-state index contributed by atoms with van der Waals surface area (Å²) in [6, 6.07) is 10.3. The number of aromatic nitrogens is 1. The zero-order valence-electron chi connectivity index (χ0n) is 16.1. The molecule has 28 heavy (non-hydrogen) atoms. The Labute approximate surface area is 162 Å². The van der Waals surface area contributed by atoms with E-state index in [9.17, 15) is 14.9 Å². The van der Waals surface area contributed by atoms with Crippen molar-refractivity contribution in [1.82, 2.24) is 4.57 Å². The van der Waals surface area contributed by atoms with Gasteiger partial charge in [-0.1, -0.05) is 13.0 Å². The number of methoxy groups -OCH3 is 2. The van der Waals surface area contributed by atoms with Gasteiger partial charge in [-0.15, -0.1) is 0 Å². The van der Waals surface area contributed by atoms with Gasteiger partial charge in [-0.2, -0.15) is 0 Å². The number of carbonyl (C=O) groups excluding carboxylic acids is 1. The monoisotopic (exact) mass is 382 g/mol. The van der Waals surface area contributed by atoms with Crippen LogP contribution in [0.25, 0.3) is 10.9 Å². The third-order valence-electron chi connectivity index (χ3n) is 4.69. The van der Waals surface area contributed by atoms with E-state index >= 15 is 0 Å². The summed E-state index contributed by atoms with van der Waals surface area (Å²) < 4.78 is 12.2. The number of hydrogen-bond donors (Lipinski definition) is 0. The zero-order valence-corrected chi connectivity index (χ0v) is 16.1. The maximum absolute atomic E-state index is 12.0. The van der Waals surface area contributed by atoms with Crippen molar-refractivity contribution in [3.05, 3.63) is 69.4 Å². The minimum absolute atomic E-state index is 0.0629. The summed E-state index contributed by atoms with van der Waals surface area (Å²) >= 11 is 0. The highest BCUT2D eigenvalue weighted by Crippen LogP contribution is 2.29. The number of esters is 1. The van der Waals surface area contributed by atoms with Crippen molar-refractivity contribution in [2.45, 2.75) is 26.3 Å². The van der Waals surface area contributed by atoms with Crippen molar-refractivity contribution in [3.63, 3.8) is 0 Å². The van der Waals surface area contributed by atoms with Gasteiger partial charge in [-0.25, -0.2) is 4.79 Å². The fourth-order valence-electron chi connectivity index (χ4n) is 3.39. The number of fused-ring (bicyclic) bond motifs is 1. The smallest absolute Gasteiger partial charge is 0.341 e. The SMILES string of the molecule is CCCn1cc(Cc2ccc(OC)c(C(=O)OC)c2)c2cc([N+](=O)[O-])ccc21. The number of aryl methyl sites for hydroxylation is 1. The Morgan fingerprint density at radius 3 is 2.61 bits per heavy atom. The lowest BCUT2D eigenvalue weighted by molar-refractivity contribution is -0.384. The minimum atomic E-state index is -0.470. The predicted octanol–water partition coefficient (Wildman–Crippen LogP) is 4.35. The molecule has 1 aromatic heterocycles. The van der Waals surface area contributed by atoms with Gasteiger partial charge < -0.3 is 14.0 Å². The van der Waals surface area contributed by atoms with E-state index in [1.807, 2.05) is 12.3 Å². The standard InChI is InChI=1S/C21H22N2O5/c1-4-9-22-13-15(17-12-16(23(25)26)6-7-19(17)22)10-14-5-8-20(27-2)18(11-14)21(24)28-3/h5-8,11-13H,4,9-10H2,1-3H3. The first kappa shape index (κ1) is 19.4. The van der Waals surface area contributed by atoms with Crippen molar-refractivity contribution < 1.29 is 19.2 Å². The fourth-order valence-corrected chi connectivity index (χ4v) is 3.39. The molecule has 0 N–H and O–H groups in total. The molecule has 0 atom stereocenters. The van der Waals surface area contributed by atoms with Crippen LogP contribution in [0.3, 0.4) is 0 Å². The third kappa shape index (κ3) is 3.69. The van der Waals surface area contributed by atoms with Gasteiger partial charge in [0.15, 0.2) is 0 Å². The highest BCUT2D eigenvalue weighted by atomic mass is 16.6. The summed E-state index contributed by atoms with van der Waals surface area (Å²) in [7, 11) is 2.82. The molecule has 146 valence electrons. The quantitative estimate of drug-likeness (QED) is 0.345. The van der Waals surface area contributed by atoms with Crippen LogP contribution in [0.5, 0.6) is 5.75 Å². The van der Waals surface area contributed by atoms with Crippen molar-refractivity contribution in [1.29, 1.82) is 0 Å². The lowest BCUT2D eigenvalue weighted by Gasteiger charge is -2.09. The van der Waals surface area contributed by atoms with E-state index in [1.54, 1.807) is 24.3 Å². The number of nitro groups is 1. The lowest BCUT2D eigenvalue weighted by atomic mass is 10.0. The maximum Gasteiger partial charge on any atom is 0.341 e. The molecule has 0 aliphatic carbocycles. The molecule has 0 aliphatic heterocycles. The normalized spacial score (nSPS) is 10.8. The molecular formula is C21H22N2O5. The third-order valence-corrected chi connectivity index (χ3v) is 4.69. The van der Waals surface area contributed by atoms with Crippen LogP contribution in [0, 0.1) is 10.1 Å². The summed E-state index contributed by atoms with van der Waals surface area (Å²) in [5.74, 6) is -0.0256. The summed E-state index contributed by atoms with van der Waals surface area (Å²) in [5, 5.41) is 12.0. The number of rotatable bonds is 7. The van der Waals surface area contributed by atoms with Crippen molar-refractivity contribution in [2.75, 3.05) is 14.2 Å². The van der Waals surface area contributed by atoms with Gasteiger partial charge in [-0.3, -0.25) is 10.1 Å². The topological polar surface area (TPSA) is 83.6 Å². The van der Waals surface area contributed by atoms with Gasteiger partial charge in [0.2, 0.25) is 0 Å². The molecule has 7 heteroatoms. The first-order chi connectivity index (χ1) is 13.5. The molecule has 3 aromatic rings. The fraction of sp³-hybridized carbons (Fsp3) is 0.286. The lowest BCUT2D eigenvalue weighted by Crippen LogP contribution is -2.05. The number of nitro benzene ring substituents is 1. The molecule has 7 nitrogen and oxygen atoms in total. The Kier molecular flexibility index (Phi) is 5.63. The van der Waals surface area contributed by atoms with Gasteiger partial charge in [0.1, 0.15) is 11.3 Å². The summed E-state index contributed by atoms with van der Waals surface area (Å²) in [6.45, 7) is 2.91. The van der Waals surface area contributed by atoms with E-state index in [2.05, 4.69) is 11.5 Å². The Morgan fingerprint density at radius 2 is 1.96 bits per heavy atom. The molecule has 1 heterocycles. The largest absolute Gasteiger partial charge is 0.496 e. The molecule has 0 amide bonds. The van der Waals surface area contributed by atoms with Crippen molar-refractivity contribution in [3.8, 4) is 5.75 Å². The van der Waals surface area contributed by atoms with Gasteiger partial charge in [0.25, 0.3) is 5.69 Å². The second-order valence-corrected chi connectivity index (χ2v) is 6.51. The first-order valence-electron chi connectivity index (χ1n) is 8.99. The Morgan fingerprint density at radius 1 is 1.18 bits per heavy atom. The summed E-state index contributed by atoms with van der Waals surface area (Å²) in [4.78, 5) is 22.9. The number of benzene rings is 2. The van der Waals surface area contributed by atoms with Crippen LogP contribution in [0.2, 0.25) is 0 Å². The molecule has 0 saturated heterocycles. The molecule has 0 aliphatic rings. The second-order valence-electron chi connectivity index (χ2n) is 6.51. The number of carbonyl (C=O) groups is 1. The molecule has 2 aromatic carbocycles. The predicted molar refractivity (Wildman–Crippen MR) is 106 cm³/mol. The van der Waals surface area contributed by atoms with Crippen molar-refractivity contribution >= 4 is 22.6 Å². The van der Waals surface area contributed by atoms with E-state index in [0.29, 0.717) is 17.7 Å². The van der Waals surface area contributed by atoms with Crippen LogP contribution < -0.4 is 4.74 Å².